The highest BCUT2D eigenvalue weighted by molar-refractivity contribution is 5.95. The van der Waals surface area contributed by atoms with E-state index in [4.69, 9.17) is 4.74 Å². The Morgan fingerprint density at radius 3 is 2.70 bits per heavy atom. The Labute approximate surface area is 155 Å². The number of imide groups is 1. The molecule has 2 rings (SSSR count). The van der Waals surface area contributed by atoms with Crippen molar-refractivity contribution in [2.75, 3.05) is 13.2 Å². The molecule has 1 heterocycles. The van der Waals surface area contributed by atoms with Gasteiger partial charge in [0.05, 0.1) is 17.2 Å². The van der Waals surface area contributed by atoms with E-state index in [1.54, 1.807) is 24.3 Å². The van der Waals surface area contributed by atoms with Gasteiger partial charge in [-0.1, -0.05) is 26.0 Å². The third-order valence-corrected chi connectivity index (χ3v) is 3.66. The van der Waals surface area contributed by atoms with E-state index < -0.39 is 24.5 Å². The summed E-state index contributed by atoms with van der Waals surface area (Å²) in [5.74, 6) is -1.12. The van der Waals surface area contributed by atoms with Crippen molar-refractivity contribution in [1.29, 1.82) is 0 Å². The van der Waals surface area contributed by atoms with E-state index in [-0.39, 0.29) is 12.1 Å². The number of hydrogen-bond acceptors (Lipinski definition) is 6. The zero-order valence-corrected chi connectivity index (χ0v) is 15.2. The molecule has 0 fully saturated rings. The van der Waals surface area contributed by atoms with Gasteiger partial charge in [-0.05, 0) is 24.5 Å². The van der Waals surface area contributed by atoms with E-state index in [2.05, 4.69) is 15.6 Å². The third-order valence-electron chi connectivity index (χ3n) is 3.66. The largest absolute Gasteiger partial charge is 0.454 e. The molecule has 3 amide bonds. The number of nitrogens with zero attached hydrogens (tertiary/aromatic N) is 2. The van der Waals surface area contributed by atoms with Crippen molar-refractivity contribution >= 4 is 28.8 Å². The topological polar surface area (TPSA) is 119 Å². The molecular weight excluding hydrogens is 352 g/mol. The van der Waals surface area contributed by atoms with Crippen molar-refractivity contribution in [3.63, 3.8) is 0 Å². The van der Waals surface area contributed by atoms with Gasteiger partial charge in [0.15, 0.2) is 6.61 Å². The molecule has 0 aliphatic heterocycles. The SMILES string of the molecule is CC(C)CCNC(=O)NC(=O)COC(=O)Cn1cnc2ccccc2c1=O. The van der Waals surface area contributed by atoms with Gasteiger partial charge in [0.2, 0.25) is 0 Å². The first-order valence-electron chi connectivity index (χ1n) is 8.54. The third kappa shape index (κ3) is 6.21. The average Bonchev–Trinajstić information content (AvgIpc) is 2.62. The quantitative estimate of drug-likeness (QED) is 0.692. The van der Waals surface area contributed by atoms with E-state index >= 15 is 0 Å². The number of carbonyl (C=O) groups excluding carboxylic acids is 3. The molecule has 2 aromatic rings. The summed E-state index contributed by atoms with van der Waals surface area (Å²) >= 11 is 0. The van der Waals surface area contributed by atoms with E-state index in [1.165, 1.54) is 6.33 Å². The average molecular weight is 374 g/mol. The summed E-state index contributed by atoms with van der Waals surface area (Å²) in [5.41, 5.74) is 0.140. The van der Waals surface area contributed by atoms with Crippen LogP contribution in [0.1, 0.15) is 20.3 Å². The van der Waals surface area contributed by atoms with Crippen LogP contribution in [0.5, 0.6) is 0 Å². The van der Waals surface area contributed by atoms with Crippen LogP contribution >= 0.6 is 0 Å². The maximum Gasteiger partial charge on any atom is 0.326 e. The molecule has 1 aromatic carbocycles. The molecule has 2 N–H and O–H groups in total. The number of carbonyl (C=O) groups is 3. The zero-order chi connectivity index (χ0) is 19.8. The highest BCUT2D eigenvalue weighted by Gasteiger charge is 2.13. The lowest BCUT2D eigenvalue weighted by molar-refractivity contribution is -0.148. The first kappa shape index (κ1) is 20.1. The molecule has 1 aromatic heterocycles. The number of urea groups is 1. The molecule has 0 radical (unpaired) electrons. The number of ether oxygens (including phenoxy) is 1. The van der Waals surface area contributed by atoms with Crippen molar-refractivity contribution in [2.45, 2.75) is 26.8 Å². The first-order chi connectivity index (χ1) is 12.9. The number of amides is 3. The highest BCUT2D eigenvalue weighted by atomic mass is 16.5. The van der Waals surface area contributed by atoms with E-state index in [1.807, 2.05) is 13.8 Å². The van der Waals surface area contributed by atoms with Crippen LogP contribution in [-0.2, 0) is 20.9 Å². The molecule has 27 heavy (non-hydrogen) atoms. The summed E-state index contributed by atoms with van der Waals surface area (Å²) in [7, 11) is 0. The Morgan fingerprint density at radius 2 is 1.96 bits per heavy atom. The van der Waals surface area contributed by atoms with Gasteiger partial charge in [-0.2, -0.15) is 0 Å². The number of esters is 1. The summed E-state index contributed by atoms with van der Waals surface area (Å²) in [4.78, 5) is 51.3. The predicted molar refractivity (Wildman–Crippen MR) is 98.0 cm³/mol. The van der Waals surface area contributed by atoms with Crippen molar-refractivity contribution in [3.8, 4) is 0 Å². The van der Waals surface area contributed by atoms with Crippen LogP contribution in [0, 0.1) is 5.92 Å². The predicted octanol–water partition coefficient (Wildman–Crippen LogP) is 0.812. The summed E-state index contributed by atoms with van der Waals surface area (Å²) in [6.45, 7) is 3.46. The van der Waals surface area contributed by atoms with Crippen LogP contribution in [0.3, 0.4) is 0 Å². The van der Waals surface area contributed by atoms with Crippen LogP contribution < -0.4 is 16.2 Å². The number of rotatable bonds is 7. The minimum Gasteiger partial charge on any atom is -0.454 e. The lowest BCUT2D eigenvalue weighted by atomic mass is 10.1. The molecule has 0 aliphatic carbocycles. The van der Waals surface area contributed by atoms with Gasteiger partial charge in [-0.3, -0.25) is 24.3 Å². The highest BCUT2D eigenvalue weighted by Crippen LogP contribution is 2.04. The van der Waals surface area contributed by atoms with Crippen LogP contribution in [-0.4, -0.2) is 40.6 Å². The number of benzene rings is 1. The lowest BCUT2D eigenvalue weighted by Crippen LogP contribution is -2.42. The number of nitrogens with one attached hydrogen (secondary N) is 2. The van der Waals surface area contributed by atoms with Crippen molar-refractivity contribution in [1.82, 2.24) is 20.2 Å². The molecule has 9 nitrogen and oxygen atoms in total. The number of para-hydroxylation sites is 1. The van der Waals surface area contributed by atoms with Crippen molar-refractivity contribution in [2.24, 2.45) is 5.92 Å². The van der Waals surface area contributed by atoms with Crippen molar-refractivity contribution in [3.05, 3.63) is 40.9 Å². The Morgan fingerprint density at radius 1 is 1.22 bits per heavy atom. The summed E-state index contributed by atoms with van der Waals surface area (Å²) in [5, 5.41) is 4.97. The van der Waals surface area contributed by atoms with Gasteiger partial charge in [0.25, 0.3) is 11.5 Å². The fourth-order valence-electron chi connectivity index (χ4n) is 2.23. The summed E-state index contributed by atoms with van der Waals surface area (Å²) in [6, 6.07) is 6.11. The van der Waals surface area contributed by atoms with Crippen LogP contribution in [0.2, 0.25) is 0 Å². The maximum absolute atomic E-state index is 12.3. The van der Waals surface area contributed by atoms with Gasteiger partial charge >= 0.3 is 12.0 Å². The molecule has 0 bridgehead atoms. The molecule has 9 heteroatoms. The molecule has 0 saturated heterocycles. The zero-order valence-electron chi connectivity index (χ0n) is 15.2. The van der Waals surface area contributed by atoms with Crippen molar-refractivity contribution < 1.29 is 19.1 Å². The van der Waals surface area contributed by atoms with E-state index in [0.29, 0.717) is 23.4 Å². The van der Waals surface area contributed by atoms with Crippen LogP contribution in [0.4, 0.5) is 4.79 Å². The Kier molecular flexibility index (Phi) is 7.04. The fourth-order valence-corrected chi connectivity index (χ4v) is 2.23. The minimum atomic E-state index is -0.787. The Hall–Kier alpha value is -3.23. The van der Waals surface area contributed by atoms with E-state index in [0.717, 1.165) is 11.0 Å². The second-order valence-corrected chi connectivity index (χ2v) is 6.34. The Bertz CT molecular complexity index is 891. The maximum atomic E-state index is 12.3. The van der Waals surface area contributed by atoms with Gasteiger partial charge in [0, 0.05) is 6.54 Å². The standard InChI is InChI=1S/C18H22N4O5/c1-12(2)7-8-19-18(26)21-15(23)10-27-16(24)9-22-11-20-14-6-4-3-5-13(14)17(22)25/h3-6,11-12H,7-10H2,1-2H3,(H2,19,21,23,26). The second-order valence-electron chi connectivity index (χ2n) is 6.34. The molecule has 144 valence electrons. The first-order valence-corrected chi connectivity index (χ1v) is 8.54. The van der Waals surface area contributed by atoms with E-state index in [9.17, 15) is 19.2 Å². The van der Waals surface area contributed by atoms with Gasteiger partial charge in [-0.15, -0.1) is 0 Å². The lowest BCUT2D eigenvalue weighted by Gasteiger charge is -2.09. The number of fused-ring (bicyclic) bond motifs is 1. The summed E-state index contributed by atoms with van der Waals surface area (Å²) in [6.07, 6.45) is 2.03. The molecule has 0 unspecified atom stereocenters. The van der Waals surface area contributed by atoms with Gasteiger partial charge in [-0.25, -0.2) is 9.78 Å². The number of hydrogen-bond donors (Lipinski definition) is 2. The molecule has 0 aliphatic rings. The van der Waals surface area contributed by atoms with Crippen LogP contribution in [0.25, 0.3) is 10.9 Å². The fraction of sp³-hybridized carbons (Fsp3) is 0.389. The second kappa shape index (κ2) is 9.46. The summed E-state index contributed by atoms with van der Waals surface area (Å²) < 4.78 is 5.90. The molecule has 0 atom stereocenters. The number of aromatic nitrogens is 2. The molecule has 0 spiro atoms. The molecule has 0 saturated carbocycles. The van der Waals surface area contributed by atoms with Crippen LogP contribution in [0.15, 0.2) is 35.4 Å². The molecular formula is C18H22N4O5. The monoisotopic (exact) mass is 374 g/mol. The Balaban J connectivity index is 1.81. The normalized spacial score (nSPS) is 10.6. The van der Waals surface area contributed by atoms with Gasteiger partial charge in [0.1, 0.15) is 6.54 Å². The minimum absolute atomic E-state index is 0.378. The van der Waals surface area contributed by atoms with Gasteiger partial charge < -0.3 is 10.1 Å². The smallest absolute Gasteiger partial charge is 0.326 e.